The van der Waals surface area contributed by atoms with Crippen LogP contribution in [0.5, 0.6) is 0 Å². The number of carbonyl (C=O) groups is 2. The molecule has 0 aliphatic rings. The minimum atomic E-state index is -0.914. The van der Waals surface area contributed by atoms with Gasteiger partial charge in [-0.05, 0) is 49.6 Å². The van der Waals surface area contributed by atoms with E-state index in [2.05, 4.69) is 5.32 Å². The topological polar surface area (TPSA) is 81.4 Å². The number of benzene rings is 2. The fraction of sp³-hybridized carbons (Fsp3) is 0.263. The zero-order chi connectivity index (χ0) is 17.7. The van der Waals surface area contributed by atoms with E-state index in [4.69, 9.17) is 10.5 Å². The van der Waals surface area contributed by atoms with Gasteiger partial charge in [0.1, 0.15) is 0 Å². The molecule has 0 saturated heterocycles. The number of hydrogen-bond donors (Lipinski definition) is 2. The van der Waals surface area contributed by atoms with Gasteiger partial charge in [-0.2, -0.15) is 0 Å². The molecule has 0 fully saturated rings. The average molecular weight is 326 g/mol. The molecule has 0 aliphatic heterocycles. The molecule has 0 aromatic heterocycles. The number of para-hydroxylation sites is 1. The van der Waals surface area contributed by atoms with Crippen LogP contribution in [0.25, 0.3) is 0 Å². The highest BCUT2D eigenvalue weighted by atomic mass is 16.5. The normalized spacial score (nSPS) is 11.6. The Balaban J connectivity index is 2.06. The van der Waals surface area contributed by atoms with E-state index in [1.807, 2.05) is 32.0 Å². The van der Waals surface area contributed by atoms with E-state index >= 15 is 0 Å². The van der Waals surface area contributed by atoms with Crippen LogP contribution >= 0.6 is 0 Å². The monoisotopic (exact) mass is 326 g/mol. The second-order valence-corrected chi connectivity index (χ2v) is 5.62. The molecule has 5 heteroatoms. The highest BCUT2D eigenvalue weighted by Gasteiger charge is 2.20. The predicted octanol–water partition coefficient (Wildman–Crippen LogP) is 3.32. The van der Waals surface area contributed by atoms with Crippen molar-refractivity contribution in [1.82, 2.24) is 0 Å². The molecule has 1 atom stereocenters. The maximum absolute atomic E-state index is 12.4. The Morgan fingerprint density at radius 2 is 1.92 bits per heavy atom. The molecule has 0 aliphatic carbocycles. The molecule has 0 radical (unpaired) electrons. The molecule has 24 heavy (non-hydrogen) atoms. The summed E-state index contributed by atoms with van der Waals surface area (Å²) in [6.45, 7) is 5.50. The fourth-order valence-electron chi connectivity index (χ4n) is 2.37. The fourth-order valence-corrected chi connectivity index (χ4v) is 2.37. The van der Waals surface area contributed by atoms with Crippen molar-refractivity contribution < 1.29 is 14.3 Å². The highest BCUT2D eigenvalue weighted by molar-refractivity contribution is 5.98. The lowest BCUT2D eigenvalue weighted by Gasteiger charge is -2.17. The van der Waals surface area contributed by atoms with Gasteiger partial charge in [-0.3, -0.25) is 4.79 Å². The Morgan fingerprint density at radius 1 is 1.21 bits per heavy atom. The number of amides is 1. The summed E-state index contributed by atoms with van der Waals surface area (Å²) in [5, 5.41) is 2.86. The third-order valence-corrected chi connectivity index (χ3v) is 3.76. The molecule has 2 rings (SSSR count). The number of aryl methyl sites for hydroxylation is 2. The quantitative estimate of drug-likeness (QED) is 0.652. The van der Waals surface area contributed by atoms with Crippen molar-refractivity contribution in [3.8, 4) is 0 Å². The SMILES string of the molecule is CCc1cccc(C)c1NC(=O)C(C)OC(=O)c1cccc(N)c1. The minimum Gasteiger partial charge on any atom is -0.449 e. The van der Waals surface area contributed by atoms with E-state index in [-0.39, 0.29) is 5.91 Å². The van der Waals surface area contributed by atoms with Crippen LogP contribution in [0.2, 0.25) is 0 Å². The first-order valence-electron chi connectivity index (χ1n) is 7.88. The molecule has 0 spiro atoms. The maximum Gasteiger partial charge on any atom is 0.338 e. The summed E-state index contributed by atoms with van der Waals surface area (Å²) in [7, 11) is 0. The van der Waals surface area contributed by atoms with Crippen LogP contribution in [-0.2, 0) is 16.0 Å². The molecule has 2 aromatic rings. The van der Waals surface area contributed by atoms with Crippen LogP contribution in [0, 0.1) is 6.92 Å². The molecule has 0 saturated carbocycles. The Bertz CT molecular complexity index is 756. The number of nitrogens with one attached hydrogen (secondary N) is 1. The summed E-state index contributed by atoms with van der Waals surface area (Å²) in [6.07, 6.45) is -0.113. The second-order valence-electron chi connectivity index (χ2n) is 5.62. The number of carbonyl (C=O) groups excluding carboxylic acids is 2. The lowest BCUT2D eigenvalue weighted by Crippen LogP contribution is -2.30. The van der Waals surface area contributed by atoms with E-state index in [1.165, 1.54) is 6.07 Å². The van der Waals surface area contributed by atoms with E-state index in [1.54, 1.807) is 25.1 Å². The van der Waals surface area contributed by atoms with Gasteiger partial charge in [0.2, 0.25) is 0 Å². The van der Waals surface area contributed by atoms with Crippen LogP contribution in [0.1, 0.15) is 35.3 Å². The van der Waals surface area contributed by atoms with Crippen molar-refractivity contribution in [3.05, 3.63) is 59.2 Å². The molecule has 5 nitrogen and oxygen atoms in total. The van der Waals surface area contributed by atoms with E-state index in [0.29, 0.717) is 11.3 Å². The van der Waals surface area contributed by atoms with Crippen molar-refractivity contribution in [2.45, 2.75) is 33.3 Å². The largest absolute Gasteiger partial charge is 0.449 e. The summed E-state index contributed by atoms with van der Waals surface area (Å²) < 4.78 is 5.23. The Hall–Kier alpha value is -2.82. The third kappa shape index (κ3) is 4.13. The Kier molecular flexibility index (Phi) is 5.58. The van der Waals surface area contributed by atoms with Crippen LogP contribution in [0.15, 0.2) is 42.5 Å². The lowest BCUT2D eigenvalue weighted by molar-refractivity contribution is -0.123. The number of esters is 1. The van der Waals surface area contributed by atoms with Crippen molar-refractivity contribution in [1.29, 1.82) is 0 Å². The Labute approximate surface area is 141 Å². The molecular weight excluding hydrogens is 304 g/mol. The summed E-state index contributed by atoms with van der Waals surface area (Å²) >= 11 is 0. The number of hydrogen-bond acceptors (Lipinski definition) is 4. The second kappa shape index (κ2) is 7.64. The van der Waals surface area contributed by atoms with Crippen LogP contribution in [0.4, 0.5) is 11.4 Å². The standard InChI is InChI=1S/C19H22N2O3/c1-4-14-8-5-7-12(2)17(14)21-18(22)13(3)24-19(23)15-9-6-10-16(20)11-15/h5-11,13H,4,20H2,1-3H3,(H,21,22). The molecule has 1 unspecified atom stereocenters. The summed E-state index contributed by atoms with van der Waals surface area (Å²) in [5.74, 6) is -0.943. The summed E-state index contributed by atoms with van der Waals surface area (Å²) in [6, 6.07) is 12.3. The number of nitrogen functional groups attached to an aromatic ring is 1. The third-order valence-electron chi connectivity index (χ3n) is 3.76. The van der Waals surface area contributed by atoms with E-state index in [0.717, 1.165) is 23.2 Å². The van der Waals surface area contributed by atoms with Gasteiger partial charge in [-0.1, -0.05) is 31.2 Å². The number of anilines is 2. The van der Waals surface area contributed by atoms with Gasteiger partial charge < -0.3 is 15.8 Å². The van der Waals surface area contributed by atoms with Crippen molar-refractivity contribution in [2.75, 3.05) is 11.1 Å². The maximum atomic E-state index is 12.4. The first-order chi connectivity index (χ1) is 11.4. The van der Waals surface area contributed by atoms with Crippen LogP contribution in [0.3, 0.4) is 0 Å². The van der Waals surface area contributed by atoms with E-state index in [9.17, 15) is 9.59 Å². The zero-order valence-electron chi connectivity index (χ0n) is 14.1. The van der Waals surface area contributed by atoms with Crippen molar-refractivity contribution in [3.63, 3.8) is 0 Å². The molecule has 3 N–H and O–H groups in total. The molecule has 1 amide bonds. The van der Waals surface area contributed by atoms with Gasteiger partial charge in [0.15, 0.2) is 6.10 Å². The van der Waals surface area contributed by atoms with Gasteiger partial charge in [-0.15, -0.1) is 0 Å². The van der Waals surface area contributed by atoms with Gasteiger partial charge in [-0.25, -0.2) is 4.79 Å². The number of ether oxygens (including phenoxy) is 1. The lowest BCUT2D eigenvalue weighted by atomic mass is 10.1. The number of rotatable bonds is 5. The predicted molar refractivity (Wildman–Crippen MR) is 94.9 cm³/mol. The zero-order valence-corrected chi connectivity index (χ0v) is 14.1. The van der Waals surface area contributed by atoms with E-state index < -0.39 is 12.1 Å². The molecule has 0 bridgehead atoms. The Morgan fingerprint density at radius 3 is 2.58 bits per heavy atom. The first-order valence-corrected chi connectivity index (χ1v) is 7.88. The summed E-state index contributed by atoms with van der Waals surface area (Å²) in [4.78, 5) is 24.4. The summed E-state index contributed by atoms with van der Waals surface area (Å²) in [5.41, 5.74) is 9.22. The van der Waals surface area contributed by atoms with Gasteiger partial charge in [0.05, 0.1) is 5.56 Å². The molecule has 126 valence electrons. The average Bonchev–Trinajstić information content (AvgIpc) is 2.56. The smallest absolute Gasteiger partial charge is 0.338 e. The van der Waals surface area contributed by atoms with Crippen molar-refractivity contribution >= 4 is 23.3 Å². The van der Waals surface area contributed by atoms with Crippen molar-refractivity contribution in [2.24, 2.45) is 0 Å². The van der Waals surface area contributed by atoms with Gasteiger partial charge in [0, 0.05) is 11.4 Å². The minimum absolute atomic E-state index is 0.319. The molecule has 2 aromatic carbocycles. The molecular formula is C19H22N2O3. The number of nitrogens with two attached hydrogens (primary N) is 1. The van der Waals surface area contributed by atoms with Gasteiger partial charge >= 0.3 is 5.97 Å². The van der Waals surface area contributed by atoms with Crippen LogP contribution < -0.4 is 11.1 Å². The first kappa shape index (κ1) is 17.5. The molecule has 0 heterocycles. The van der Waals surface area contributed by atoms with Crippen LogP contribution in [-0.4, -0.2) is 18.0 Å². The van der Waals surface area contributed by atoms with Gasteiger partial charge in [0.25, 0.3) is 5.91 Å². The highest BCUT2D eigenvalue weighted by Crippen LogP contribution is 2.21.